The number of hydrogen-bond donors (Lipinski definition) is 3. The molecule has 176 valence electrons. The summed E-state index contributed by atoms with van der Waals surface area (Å²) >= 11 is 0. The van der Waals surface area contributed by atoms with Crippen LogP contribution < -0.4 is 10.6 Å². The third kappa shape index (κ3) is 3.96. The van der Waals surface area contributed by atoms with Gasteiger partial charge in [0.1, 0.15) is 11.9 Å². The van der Waals surface area contributed by atoms with Crippen molar-refractivity contribution in [1.82, 2.24) is 20.1 Å². The number of aromatic nitrogens is 1. The Balaban J connectivity index is 1.46. The molecule has 4 heterocycles. The first kappa shape index (κ1) is 22.2. The summed E-state index contributed by atoms with van der Waals surface area (Å²) in [4.78, 5) is 45.5. The van der Waals surface area contributed by atoms with E-state index in [1.165, 1.54) is 19.1 Å². The van der Waals surface area contributed by atoms with Crippen LogP contribution in [0.3, 0.4) is 0 Å². The second-order valence-corrected chi connectivity index (χ2v) is 9.08. The van der Waals surface area contributed by atoms with Crippen LogP contribution in [0.4, 0.5) is 5.82 Å². The molecule has 1 atom stereocenters. The monoisotopic (exact) mass is 460 g/mol. The summed E-state index contributed by atoms with van der Waals surface area (Å²) in [6.45, 7) is 3.20. The number of nitrogens with one attached hydrogen (secondary N) is 3. The normalized spacial score (nSPS) is 20.4. The third-order valence-electron chi connectivity index (χ3n) is 6.94. The zero-order chi connectivity index (χ0) is 23.8. The van der Waals surface area contributed by atoms with Gasteiger partial charge in [0, 0.05) is 49.5 Å². The fraction of sp³-hybridized carbons (Fsp3) is 0.400. The van der Waals surface area contributed by atoms with Gasteiger partial charge in [-0.3, -0.25) is 24.6 Å². The van der Waals surface area contributed by atoms with Crippen molar-refractivity contribution in [2.45, 2.75) is 44.8 Å². The van der Waals surface area contributed by atoms with Gasteiger partial charge >= 0.3 is 0 Å². The van der Waals surface area contributed by atoms with Crippen molar-refractivity contribution >= 4 is 29.8 Å². The highest BCUT2D eigenvalue weighted by atomic mass is 16.2. The fourth-order valence-electron chi connectivity index (χ4n) is 5.15. The highest BCUT2D eigenvalue weighted by Gasteiger charge is 2.39. The number of rotatable bonds is 6. The van der Waals surface area contributed by atoms with Gasteiger partial charge < -0.3 is 15.6 Å². The van der Waals surface area contributed by atoms with Gasteiger partial charge in [-0.2, -0.15) is 0 Å². The molecule has 3 aliphatic heterocycles. The van der Waals surface area contributed by atoms with E-state index in [1.807, 2.05) is 18.2 Å². The van der Waals surface area contributed by atoms with E-state index < -0.39 is 11.9 Å². The van der Waals surface area contributed by atoms with Crippen molar-refractivity contribution in [3.05, 3.63) is 46.5 Å². The highest BCUT2D eigenvalue weighted by Crippen LogP contribution is 2.32. The number of piperidine rings is 1. The van der Waals surface area contributed by atoms with Crippen LogP contribution >= 0.6 is 0 Å². The quantitative estimate of drug-likeness (QED) is 0.449. The lowest BCUT2D eigenvalue weighted by Gasteiger charge is -2.29. The van der Waals surface area contributed by atoms with Crippen molar-refractivity contribution in [2.24, 2.45) is 0 Å². The Kier molecular flexibility index (Phi) is 5.87. The first-order valence-electron chi connectivity index (χ1n) is 11.7. The van der Waals surface area contributed by atoms with Crippen molar-refractivity contribution in [1.29, 1.82) is 5.41 Å². The molecule has 5 rings (SSSR count). The molecular formula is C25H28N6O3. The highest BCUT2D eigenvalue weighted by molar-refractivity contribution is 6.05. The maximum Gasteiger partial charge on any atom is 0.255 e. The molecule has 1 unspecified atom stereocenters. The maximum atomic E-state index is 13.0. The molecule has 9 heteroatoms. The molecule has 0 aliphatic carbocycles. The zero-order valence-electron chi connectivity index (χ0n) is 19.2. The van der Waals surface area contributed by atoms with Crippen LogP contribution in [0.15, 0.2) is 24.3 Å². The van der Waals surface area contributed by atoms with E-state index in [0.29, 0.717) is 24.3 Å². The minimum Gasteiger partial charge on any atom is -0.373 e. The van der Waals surface area contributed by atoms with Gasteiger partial charge in [-0.1, -0.05) is 6.07 Å². The van der Waals surface area contributed by atoms with E-state index in [4.69, 9.17) is 10.4 Å². The van der Waals surface area contributed by atoms with Crippen LogP contribution in [0.25, 0.3) is 11.3 Å². The number of benzene rings is 1. The Morgan fingerprint density at radius 1 is 1.21 bits per heavy atom. The van der Waals surface area contributed by atoms with E-state index in [1.54, 1.807) is 18.0 Å². The summed E-state index contributed by atoms with van der Waals surface area (Å²) < 4.78 is 0. The fourth-order valence-corrected chi connectivity index (χ4v) is 5.15. The smallest absolute Gasteiger partial charge is 0.255 e. The summed E-state index contributed by atoms with van der Waals surface area (Å²) in [6, 6.07) is 7.05. The molecule has 9 nitrogen and oxygen atoms in total. The molecule has 1 aromatic heterocycles. The van der Waals surface area contributed by atoms with Crippen molar-refractivity contribution in [3.63, 3.8) is 0 Å². The van der Waals surface area contributed by atoms with Crippen LogP contribution in [-0.4, -0.2) is 64.9 Å². The Morgan fingerprint density at radius 3 is 2.71 bits per heavy atom. The van der Waals surface area contributed by atoms with Crippen molar-refractivity contribution in [3.8, 4) is 11.3 Å². The number of carbonyl (C=O) groups excluding carboxylic acids is 3. The largest absolute Gasteiger partial charge is 0.373 e. The number of pyridine rings is 1. The van der Waals surface area contributed by atoms with Crippen LogP contribution in [0.1, 0.15) is 52.7 Å². The van der Waals surface area contributed by atoms with Gasteiger partial charge in [0.05, 0.1) is 5.69 Å². The van der Waals surface area contributed by atoms with Gasteiger partial charge in [-0.25, -0.2) is 4.98 Å². The predicted octanol–water partition coefficient (Wildman–Crippen LogP) is 2.14. The summed E-state index contributed by atoms with van der Waals surface area (Å²) in [5, 5.41) is 13.4. The summed E-state index contributed by atoms with van der Waals surface area (Å²) in [5.41, 5.74) is 4.92. The minimum absolute atomic E-state index is 0.186. The summed E-state index contributed by atoms with van der Waals surface area (Å²) in [7, 11) is 1.80. The lowest BCUT2D eigenvalue weighted by atomic mass is 10.0. The number of hydrogen-bond acceptors (Lipinski definition) is 7. The van der Waals surface area contributed by atoms with Gasteiger partial charge in [-0.05, 0) is 61.7 Å². The number of imide groups is 1. The van der Waals surface area contributed by atoms with Crippen LogP contribution in [0, 0.1) is 5.41 Å². The van der Waals surface area contributed by atoms with E-state index in [2.05, 4.69) is 15.5 Å². The Morgan fingerprint density at radius 2 is 2.00 bits per heavy atom. The second kappa shape index (κ2) is 8.98. The Labute approximate surface area is 198 Å². The lowest BCUT2D eigenvalue weighted by Crippen LogP contribution is -2.52. The standard InChI is InChI=1S/C25H28N6O3/c1-27-23-19(12-26)17(13-30-8-2-3-9-30)11-20(28-23)15-4-5-18-16(10-15)14-31(25(18)34)21-6-7-22(32)29-24(21)33/h4-5,10-12,21,26H,2-3,6-9,13-14H2,1H3,(H,27,28)(H,29,32,33). The Bertz CT molecular complexity index is 1190. The lowest BCUT2D eigenvalue weighted by molar-refractivity contribution is -0.136. The Hall–Kier alpha value is -3.59. The third-order valence-corrected chi connectivity index (χ3v) is 6.94. The van der Waals surface area contributed by atoms with Crippen LogP contribution in [-0.2, 0) is 22.7 Å². The zero-order valence-corrected chi connectivity index (χ0v) is 19.2. The summed E-state index contributed by atoms with van der Waals surface area (Å²) in [6.07, 6.45) is 4.32. The topological polar surface area (TPSA) is 118 Å². The van der Waals surface area contributed by atoms with Gasteiger partial charge in [0.25, 0.3) is 5.91 Å². The number of anilines is 1. The van der Waals surface area contributed by atoms with E-state index in [0.717, 1.165) is 47.6 Å². The molecule has 3 aliphatic rings. The molecule has 0 spiro atoms. The van der Waals surface area contributed by atoms with E-state index in [9.17, 15) is 14.4 Å². The minimum atomic E-state index is -0.631. The maximum absolute atomic E-state index is 13.0. The van der Waals surface area contributed by atoms with Gasteiger partial charge in [0.15, 0.2) is 0 Å². The molecule has 34 heavy (non-hydrogen) atoms. The van der Waals surface area contributed by atoms with Gasteiger partial charge in [-0.15, -0.1) is 0 Å². The number of nitrogens with zero attached hydrogens (tertiary/aromatic N) is 3. The molecule has 2 saturated heterocycles. The first-order chi connectivity index (χ1) is 16.5. The molecule has 1 aromatic carbocycles. The molecule has 0 saturated carbocycles. The van der Waals surface area contributed by atoms with Crippen molar-refractivity contribution < 1.29 is 14.4 Å². The molecule has 2 fully saturated rings. The molecule has 0 radical (unpaired) electrons. The average molecular weight is 461 g/mol. The first-order valence-corrected chi connectivity index (χ1v) is 11.7. The van der Waals surface area contributed by atoms with Crippen molar-refractivity contribution in [2.75, 3.05) is 25.5 Å². The second-order valence-electron chi connectivity index (χ2n) is 9.08. The van der Waals surface area contributed by atoms with Crippen LogP contribution in [0.2, 0.25) is 0 Å². The molecule has 3 amide bonds. The molecule has 2 aromatic rings. The number of fused-ring (bicyclic) bond motifs is 1. The predicted molar refractivity (Wildman–Crippen MR) is 128 cm³/mol. The van der Waals surface area contributed by atoms with E-state index in [-0.39, 0.29) is 18.2 Å². The SMILES string of the molecule is CNc1nc(-c2ccc3c(c2)CN(C2CCC(=O)NC2=O)C3=O)cc(CN2CCCC2)c1C=N. The molecule has 3 N–H and O–H groups in total. The van der Waals surface area contributed by atoms with E-state index >= 15 is 0 Å². The van der Waals surface area contributed by atoms with Gasteiger partial charge in [0.2, 0.25) is 11.8 Å². The average Bonchev–Trinajstić information content (AvgIpc) is 3.46. The number of likely N-dealkylation sites (tertiary alicyclic amines) is 1. The molecule has 0 bridgehead atoms. The molecular weight excluding hydrogens is 432 g/mol. The number of carbonyl (C=O) groups is 3. The summed E-state index contributed by atoms with van der Waals surface area (Å²) in [5.74, 6) is -0.235. The van der Waals surface area contributed by atoms with Crippen LogP contribution in [0.5, 0.6) is 0 Å². The number of amides is 3.